The first-order chi connectivity index (χ1) is 17.5. The van der Waals surface area contributed by atoms with E-state index in [1.54, 1.807) is 61.0 Å². The molecule has 2 heterocycles. The summed E-state index contributed by atoms with van der Waals surface area (Å²) in [6.45, 7) is 2.40. The van der Waals surface area contributed by atoms with E-state index in [9.17, 15) is 14.4 Å². The molecule has 1 aliphatic rings. The van der Waals surface area contributed by atoms with Gasteiger partial charge in [0.25, 0.3) is 11.1 Å². The molecule has 0 unspecified atom stereocenters. The summed E-state index contributed by atoms with van der Waals surface area (Å²) in [7, 11) is 1.54. The topological polar surface area (TPSA) is 91.4 Å². The van der Waals surface area contributed by atoms with Crippen LogP contribution in [0.3, 0.4) is 0 Å². The van der Waals surface area contributed by atoms with Gasteiger partial charge in [-0.25, -0.2) is 4.79 Å². The fourth-order valence-electron chi connectivity index (χ4n) is 3.34. The summed E-state index contributed by atoms with van der Waals surface area (Å²) < 4.78 is 22.1. The Morgan fingerprint density at radius 1 is 0.972 bits per heavy atom. The summed E-state index contributed by atoms with van der Waals surface area (Å²) in [5.41, 5.74) is 0.630. The lowest BCUT2D eigenvalue weighted by molar-refractivity contribution is -0.123. The number of thioether (sulfide) groups is 1. The number of amides is 2. The molecule has 4 rings (SSSR count). The third-order valence-electron chi connectivity index (χ3n) is 5.01. The Hall–Kier alpha value is -3.76. The predicted molar refractivity (Wildman–Crippen MR) is 138 cm³/mol. The summed E-state index contributed by atoms with van der Waals surface area (Å²) in [6.07, 6.45) is 1.61. The van der Waals surface area contributed by atoms with E-state index < -0.39 is 11.9 Å². The van der Waals surface area contributed by atoms with E-state index in [1.807, 2.05) is 19.1 Å². The van der Waals surface area contributed by atoms with Crippen molar-refractivity contribution >= 4 is 46.3 Å². The summed E-state index contributed by atoms with van der Waals surface area (Å²) in [5, 5.41) is 1.42. The SMILES string of the molecule is CCOc1cc(/C=C2\SC(=O)N(CCOc3ccccc3OC)C2=O)ccc1OC(=O)c1cccs1. The van der Waals surface area contributed by atoms with Crippen molar-refractivity contribution in [3.05, 3.63) is 75.3 Å². The van der Waals surface area contributed by atoms with Crippen molar-refractivity contribution in [2.75, 3.05) is 26.9 Å². The van der Waals surface area contributed by atoms with E-state index in [1.165, 1.54) is 11.3 Å². The molecule has 0 atom stereocenters. The fraction of sp³-hybridized carbons (Fsp3) is 0.192. The van der Waals surface area contributed by atoms with Gasteiger partial charge in [0, 0.05) is 0 Å². The van der Waals surface area contributed by atoms with Crippen LogP contribution in [0.2, 0.25) is 0 Å². The van der Waals surface area contributed by atoms with Gasteiger partial charge < -0.3 is 18.9 Å². The first-order valence-electron chi connectivity index (χ1n) is 11.0. The highest BCUT2D eigenvalue weighted by Crippen LogP contribution is 2.35. The number of benzene rings is 2. The number of imide groups is 1. The molecular weight excluding hydrogens is 502 g/mol. The lowest BCUT2D eigenvalue weighted by Gasteiger charge is -2.14. The summed E-state index contributed by atoms with van der Waals surface area (Å²) in [6, 6.07) is 15.6. The van der Waals surface area contributed by atoms with E-state index in [0.717, 1.165) is 16.7 Å². The number of nitrogens with zero attached hydrogens (tertiary/aromatic N) is 1. The summed E-state index contributed by atoms with van der Waals surface area (Å²) in [4.78, 5) is 39.6. The molecule has 0 N–H and O–H groups in total. The van der Waals surface area contributed by atoms with Gasteiger partial charge in [-0.15, -0.1) is 11.3 Å². The Bertz CT molecular complexity index is 1290. The molecule has 10 heteroatoms. The maximum Gasteiger partial charge on any atom is 0.353 e. The molecule has 0 bridgehead atoms. The molecule has 1 aliphatic heterocycles. The van der Waals surface area contributed by atoms with E-state index in [4.69, 9.17) is 18.9 Å². The zero-order valence-corrected chi connectivity index (χ0v) is 21.2. The summed E-state index contributed by atoms with van der Waals surface area (Å²) in [5.74, 6) is 0.858. The van der Waals surface area contributed by atoms with Gasteiger partial charge in [-0.1, -0.05) is 24.3 Å². The predicted octanol–water partition coefficient (Wildman–Crippen LogP) is 5.49. The van der Waals surface area contributed by atoms with Gasteiger partial charge in [-0.05, 0) is 66.0 Å². The Morgan fingerprint density at radius 3 is 2.50 bits per heavy atom. The zero-order chi connectivity index (χ0) is 25.5. The highest BCUT2D eigenvalue weighted by Gasteiger charge is 2.35. The molecule has 186 valence electrons. The van der Waals surface area contributed by atoms with Crippen LogP contribution in [0.1, 0.15) is 22.2 Å². The quantitative estimate of drug-likeness (QED) is 0.195. The highest BCUT2D eigenvalue weighted by molar-refractivity contribution is 8.18. The molecule has 0 aliphatic carbocycles. The molecule has 1 aromatic heterocycles. The van der Waals surface area contributed by atoms with Gasteiger partial charge >= 0.3 is 5.97 Å². The second-order valence-electron chi connectivity index (χ2n) is 7.34. The van der Waals surface area contributed by atoms with Gasteiger partial charge in [-0.2, -0.15) is 0 Å². The normalized spacial score (nSPS) is 14.3. The average molecular weight is 526 g/mol. The third kappa shape index (κ3) is 5.89. The Balaban J connectivity index is 1.44. The lowest BCUT2D eigenvalue weighted by atomic mass is 10.2. The molecule has 2 amide bonds. The molecule has 3 aromatic rings. The average Bonchev–Trinajstić information content (AvgIpc) is 3.51. The van der Waals surface area contributed by atoms with Crippen molar-refractivity contribution in [3.8, 4) is 23.0 Å². The molecule has 2 aromatic carbocycles. The molecule has 1 fully saturated rings. The van der Waals surface area contributed by atoms with Crippen LogP contribution in [-0.2, 0) is 4.79 Å². The van der Waals surface area contributed by atoms with Crippen molar-refractivity contribution in [1.29, 1.82) is 0 Å². The van der Waals surface area contributed by atoms with Crippen molar-refractivity contribution in [2.24, 2.45) is 0 Å². The van der Waals surface area contributed by atoms with Gasteiger partial charge in [0.05, 0.1) is 25.2 Å². The standard InChI is InChI=1S/C26H23NO7S2/c1-3-32-21-15-17(10-11-20(21)34-25(29)22-9-6-14-35-22)16-23-24(28)27(26(30)36-23)12-13-33-19-8-5-4-7-18(19)31-2/h4-11,14-16H,3,12-13H2,1-2H3/b23-16-. The second kappa shape index (κ2) is 11.8. The number of para-hydroxylation sites is 2. The monoisotopic (exact) mass is 525 g/mol. The van der Waals surface area contributed by atoms with Crippen molar-refractivity contribution in [2.45, 2.75) is 6.92 Å². The number of methoxy groups -OCH3 is 1. The lowest BCUT2D eigenvalue weighted by Crippen LogP contribution is -2.32. The highest BCUT2D eigenvalue weighted by atomic mass is 32.2. The number of hydrogen-bond acceptors (Lipinski definition) is 9. The van der Waals surface area contributed by atoms with Gasteiger partial charge in [0.1, 0.15) is 11.5 Å². The molecule has 0 saturated carbocycles. The van der Waals surface area contributed by atoms with Crippen molar-refractivity contribution < 1.29 is 33.3 Å². The Kier molecular flexibility index (Phi) is 8.29. The molecule has 0 spiro atoms. The van der Waals surface area contributed by atoms with E-state index >= 15 is 0 Å². The van der Waals surface area contributed by atoms with Gasteiger partial charge in [0.2, 0.25) is 0 Å². The van der Waals surface area contributed by atoms with Crippen LogP contribution in [0.5, 0.6) is 23.0 Å². The molecule has 36 heavy (non-hydrogen) atoms. The Labute approximate surface area is 216 Å². The van der Waals surface area contributed by atoms with E-state index in [0.29, 0.717) is 34.3 Å². The first kappa shape index (κ1) is 25.3. The molecule has 8 nitrogen and oxygen atoms in total. The van der Waals surface area contributed by atoms with Crippen LogP contribution in [-0.4, -0.2) is 48.9 Å². The number of carbonyl (C=O) groups excluding carboxylic acids is 3. The van der Waals surface area contributed by atoms with Gasteiger partial charge in [-0.3, -0.25) is 14.5 Å². The van der Waals surface area contributed by atoms with E-state index in [-0.39, 0.29) is 29.0 Å². The second-order valence-corrected chi connectivity index (χ2v) is 9.28. The van der Waals surface area contributed by atoms with Crippen molar-refractivity contribution in [3.63, 3.8) is 0 Å². The number of ether oxygens (including phenoxy) is 4. The minimum atomic E-state index is -0.477. The molecule has 1 saturated heterocycles. The van der Waals surface area contributed by atoms with Crippen LogP contribution in [0.15, 0.2) is 64.9 Å². The zero-order valence-electron chi connectivity index (χ0n) is 19.6. The van der Waals surface area contributed by atoms with Crippen molar-refractivity contribution in [1.82, 2.24) is 4.90 Å². The summed E-state index contributed by atoms with van der Waals surface area (Å²) >= 11 is 2.14. The number of esters is 1. The molecular formula is C26H23NO7S2. The number of thiophene rings is 1. The van der Waals surface area contributed by atoms with Gasteiger partial charge in [0.15, 0.2) is 23.0 Å². The molecule has 0 radical (unpaired) electrons. The minimum Gasteiger partial charge on any atom is -0.493 e. The maximum atomic E-state index is 12.9. The number of hydrogen-bond donors (Lipinski definition) is 0. The third-order valence-corrected chi connectivity index (χ3v) is 6.76. The van der Waals surface area contributed by atoms with E-state index in [2.05, 4.69) is 0 Å². The van der Waals surface area contributed by atoms with Crippen LogP contribution in [0.4, 0.5) is 4.79 Å². The Morgan fingerprint density at radius 2 is 1.78 bits per heavy atom. The van der Waals surface area contributed by atoms with Crippen LogP contribution < -0.4 is 18.9 Å². The minimum absolute atomic E-state index is 0.0991. The first-order valence-corrected chi connectivity index (χ1v) is 12.7. The van der Waals surface area contributed by atoms with Crippen LogP contribution in [0.25, 0.3) is 6.08 Å². The van der Waals surface area contributed by atoms with Crippen LogP contribution >= 0.6 is 23.1 Å². The van der Waals surface area contributed by atoms with Crippen LogP contribution in [0, 0.1) is 0 Å². The largest absolute Gasteiger partial charge is 0.493 e. The maximum absolute atomic E-state index is 12.9. The number of rotatable bonds is 10. The smallest absolute Gasteiger partial charge is 0.353 e. The fourth-order valence-corrected chi connectivity index (χ4v) is 4.80. The number of carbonyl (C=O) groups is 3.